The second-order valence-electron chi connectivity index (χ2n) is 7.58. The zero-order valence-corrected chi connectivity index (χ0v) is 17.5. The van der Waals surface area contributed by atoms with Gasteiger partial charge >= 0.3 is 6.03 Å². The molecule has 31 heavy (non-hydrogen) atoms. The molecule has 4 rings (SSSR count). The molecule has 1 fully saturated rings. The topological polar surface area (TPSA) is 91.2 Å². The molecule has 1 aliphatic rings. The Morgan fingerprint density at radius 2 is 1.81 bits per heavy atom. The minimum atomic E-state index is -0.219. The third kappa shape index (κ3) is 6.34. The largest absolute Gasteiger partial charge is 0.338 e. The van der Waals surface area contributed by atoms with Crippen molar-refractivity contribution in [3.8, 4) is 5.82 Å². The summed E-state index contributed by atoms with van der Waals surface area (Å²) in [4.78, 5) is 25.2. The van der Waals surface area contributed by atoms with Gasteiger partial charge in [-0.15, -0.1) is 0 Å². The number of hydrogen-bond donors (Lipinski definition) is 2. The maximum Gasteiger partial charge on any atom is 0.319 e. The highest BCUT2D eigenvalue weighted by atomic mass is 16.2. The average molecular weight is 421 g/mol. The summed E-state index contributed by atoms with van der Waals surface area (Å²) in [6.07, 6.45) is 5.55. The summed E-state index contributed by atoms with van der Waals surface area (Å²) in [5.74, 6) is 0.646. The Balaban J connectivity index is 1.10. The fraction of sp³-hybridized carbons (Fsp3) is 0.364. The summed E-state index contributed by atoms with van der Waals surface area (Å²) in [5, 5.41) is 9.74. The predicted molar refractivity (Wildman–Crippen MR) is 119 cm³/mol. The van der Waals surface area contributed by atoms with E-state index in [1.54, 1.807) is 29.3 Å². The summed E-state index contributed by atoms with van der Waals surface area (Å²) in [6.45, 7) is 6.96. The van der Waals surface area contributed by atoms with Crippen molar-refractivity contribution in [1.29, 1.82) is 0 Å². The Morgan fingerprint density at radius 3 is 2.52 bits per heavy atom. The number of nitrogens with one attached hydrogen (secondary N) is 2. The van der Waals surface area contributed by atoms with E-state index in [4.69, 9.17) is 0 Å². The molecule has 0 bridgehead atoms. The highest BCUT2D eigenvalue weighted by Gasteiger charge is 2.16. The van der Waals surface area contributed by atoms with Crippen molar-refractivity contribution in [3.63, 3.8) is 0 Å². The Labute approximate surface area is 182 Å². The molecule has 0 spiro atoms. The van der Waals surface area contributed by atoms with Gasteiger partial charge in [0.1, 0.15) is 12.7 Å². The standard InChI is InChI=1S/C22H28N8O/c31-22(27-20-7-8-21(25-15-20)30-18-23-17-26-30)24-9-4-10-28-11-13-29(14-12-28)16-19-5-2-1-3-6-19/h1-3,5-8,15,17-18H,4,9-14,16H2,(H2,24,27,31). The van der Waals surface area contributed by atoms with Gasteiger partial charge < -0.3 is 15.5 Å². The van der Waals surface area contributed by atoms with Crippen molar-refractivity contribution in [2.45, 2.75) is 13.0 Å². The molecule has 0 unspecified atom stereocenters. The number of hydrogen-bond acceptors (Lipinski definition) is 6. The van der Waals surface area contributed by atoms with Crippen molar-refractivity contribution in [1.82, 2.24) is 34.9 Å². The van der Waals surface area contributed by atoms with Gasteiger partial charge in [0.2, 0.25) is 0 Å². The molecule has 0 saturated carbocycles. The first-order valence-corrected chi connectivity index (χ1v) is 10.6. The average Bonchev–Trinajstić information content (AvgIpc) is 3.34. The molecule has 162 valence electrons. The monoisotopic (exact) mass is 420 g/mol. The molecule has 0 atom stereocenters. The van der Waals surface area contributed by atoms with Crippen LogP contribution in [0.25, 0.3) is 5.82 Å². The molecule has 3 heterocycles. The van der Waals surface area contributed by atoms with E-state index >= 15 is 0 Å². The lowest BCUT2D eigenvalue weighted by Gasteiger charge is -2.34. The molecule has 1 saturated heterocycles. The first kappa shape index (κ1) is 21.0. The zero-order valence-electron chi connectivity index (χ0n) is 17.5. The molecule has 3 aromatic rings. The predicted octanol–water partition coefficient (Wildman–Crippen LogP) is 1.99. The molecule has 9 nitrogen and oxygen atoms in total. The van der Waals surface area contributed by atoms with Crippen LogP contribution in [-0.4, -0.2) is 74.8 Å². The lowest BCUT2D eigenvalue weighted by molar-refractivity contribution is 0.126. The first-order valence-electron chi connectivity index (χ1n) is 10.6. The SMILES string of the molecule is O=C(NCCCN1CCN(Cc2ccccc2)CC1)Nc1ccc(-n2cncn2)nc1. The fourth-order valence-corrected chi connectivity index (χ4v) is 3.61. The molecule has 2 N–H and O–H groups in total. The Morgan fingerprint density at radius 1 is 1.00 bits per heavy atom. The number of anilines is 1. The van der Waals surface area contributed by atoms with Gasteiger partial charge in [0.05, 0.1) is 11.9 Å². The highest BCUT2D eigenvalue weighted by molar-refractivity contribution is 5.89. The van der Waals surface area contributed by atoms with Crippen LogP contribution < -0.4 is 10.6 Å². The maximum atomic E-state index is 12.1. The summed E-state index contributed by atoms with van der Waals surface area (Å²) in [5.41, 5.74) is 2.00. The zero-order chi connectivity index (χ0) is 21.3. The van der Waals surface area contributed by atoms with Gasteiger partial charge in [0, 0.05) is 39.3 Å². The molecule has 2 aromatic heterocycles. The number of amides is 2. The number of urea groups is 1. The van der Waals surface area contributed by atoms with Crippen LogP contribution in [-0.2, 0) is 6.54 Å². The van der Waals surface area contributed by atoms with E-state index in [9.17, 15) is 4.79 Å². The Hall–Kier alpha value is -3.30. The summed E-state index contributed by atoms with van der Waals surface area (Å²) < 4.78 is 1.56. The van der Waals surface area contributed by atoms with Crippen molar-refractivity contribution < 1.29 is 4.79 Å². The van der Waals surface area contributed by atoms with Crippen LogP contribution in [0.3, 0.4) is 0 Å². The normalized spacial score (nSPS) is 15.0. The van der Waals surface area contributed by atoms with Gasteiger partial charge in [0.25, 0.3) is 0 Å². The lowest BCUT2D eigenvalue weighted by Crippen LogP contribution is -2.46. The molecule has 0 aliphatic carbocycles. The second kappa shape index (κ2) is 10.6. The van der Waals surface area contributed by atoms with Crippen molar-refractivity contribution in [2.24, 2.45) is 0 Å². The fourth-order valence-electron chi connectivity index (χ4n) is 3.61. The molecule has 9 heteroatoms. The van der Waals surface area contributed by atoms with E-state index in [1.807, 2.05) is 0 Å². The van der Waals surface area contributed by atoms with Gasteiger partial charge in [-0.05, 0) is 30.7 Å². The lowest BCUT2D eigenvalue weighted by atomic mass is 10.2. The third-order valence-corrected chi connectivity index (χ3v) is 5.31. The van der Waals surface area contributed by atoms with Crippen LogP contribution in [0.5, 0.6) is 0 Å². The number of carbonyl (C=O) groups excluding carboxylic acids is 1. The number of piperazine rings is 1. The van der Waals surface area contributed by atoms with Crippen LogP contribution in [0.2, 0.25) is 0 Å². The Bertz CT molecular complexity index is 922. The number of benzene rings is 1. The minimum Gasteiger partial charge on any atom is -0.338 e. The van der Waals surface area contributed by atoms with Crippen molar-refractivity contribution in [2.75, 3.05) is 44.6 Å². The molecule has 1 aliphatic heterocycles. The number of pyridine rings is 1. The number of aromatic nitrogens is 4. The summed E-state index contributed by atoms with van der Waals surface area (Å²) in [7, 11) is 0. The van der Waals surface area contributed by atoms with Gasteiger partial charge in [-0.3, -0.25) is 4.90 Å². The molecular formula is C22H28N8O. The molecule has 0 radical (unpaired) electrons. The van der Waals surface area contributed by atoms with Gasteiger partial charge in [-0.1, -0.05) is 30.3 Å². The third-order valence-electron chi connectivity index (χ3n) is 5.31. The van der Waals surface area contributed by atoms with Crippen LogP contribution in [0.4, 0.5) is 10.5 Å². The number of rotatable bonds is 8. The van der Waals surface area contributed by atoms with E-state index in [2.05, 4.69) is 65.8 Å². The van der Waals surface area contributed by atoms with E-state index < -0.39 is 0 Å². The van der Waals surface area contributed by atoms with E-state index in [0.29, 0.717) is 18.1 Å². The molecule has 1 aromatic carbocycles. The minimum absolute atomic E-state index is 0.219. The van der Waals surface area contributed by atoms with Crippen LogP contribution in [0, 0.1) is 0 Å². The number of carbonyl (C=O) groups is 1. The second-order valence-corrected chi connectivity index (χ2v) is 7.58. The van der Waals surface area contributed by atoms with E-state index in [-0.39, 0.29) is 6.03 Å². The summed E-state index contributed by atoms with van der Waals surface area (Å²) in [6, 6.07) is 14.0. The maximum absolute atomic E-state index is 12.1. The van der Waals surface area contributed by atoms with Crippen LogP contribution in [0.15, 0.2) is 61.3 Å². The summed E-state index contributed by atoms with van der Waals surface area (Å²) >= 11 is 0. The van der Waals surface area contributed by atoms with Gasteiger partial charge in [0.15, 0.2) is 5.82 Å². The number of nitrogens with zero attached hydrogens (tertiary/aromatic N) is 6. The van der Waals surface area contributed by atoms with E-state index in [1.165, 1.54) is 11.9 Å². The smallest absolute Gasteiger partial charge is 0.319 e. The highest BCUT2D eigenvalue weighted by Crippen LogP contribution is 2.09. The van der Waals surface area contributed by atoms with Crippen LogP contribution >= 0.6 is 0 Å². The molecular weight excluding hydrogens is 392 g/mol. The Kier molecular flexibility index (Phi) is 7.20. The van der Waals surface area contributed by atoms with Gasteiger partial charge in [-0.2, -0.15) is 5.10 Å². The van der Waals surface area contributed by atoms with E-state index in [0.717, 1.165) is 45.7 Å². The van der Waals surface area contributed by atoms with Crippen molar-refractivity contribution >= 4 is 11.7 Å². The van der Waals surface area contributed by atoms with Crippen molar-refractivity contribution in [3.05, 3.63) is 66.9 Å². The first-order chi connectivity index (χ1) is 15.3. The van der Waals surface area contributed by atoms with Gasteiger partial charge in [-0.25, -0.2) is 19.4 Å². The molecule has 2 amide bonds. The quantitative estimate of drug-likeness (QED) is 0.542. The van der Waals surface area contributed by atoms with Crippen LogP contribution in [0.1, 0.15) is 12.0 Å².